The SMILES string of the molecule is CSc1ccc([C@H]2c3[nH]c4ccccc4c3CCN2C(=O)Cn2nc(C)nc2C)cc1. The molecule has 1 aliphatic rings. The molecule has 0 saturated heterocycles. The van der Waals surface area contributed by atoms with Crippen molar-refractivity contribution in [2.75, 3.05) is 12.8 Å². The lowest BCUT2D eigenvalue weighted by Crippen LogP contribution is -2.42. The molecule has 0 fully saturated rings. The van der Waals surface area contributed by atoms with Crippen molar-refractivity contribution >= 4 is 28.6 Å². The maximum absolute atomic E-state index is 13.5. The van der Waals surface area contributed by atoms with Crippen LogP contribution in [0.4, 0.5) is 0 Å². The second-order valence-electron chi connectivity index (χ2n) is 7.94. The third-order valence-electron chi connectivity index (χ3n) is 6.03. The van der Waals surface area contributed by atoms with Crippen LogP contribution in [0.25, 0.3) is 10.9 Å². The predicted molar refractivity (Wildman–Crippen MR) is 123 cm³/mol. The van der Waals surface area contributed by atoms with Gasteiger partial charge in [-0.1, -0.05) is 30.3 Å². The number of para-hydroxylation sites is 1. The highest BCUT2D eigenvalue weighted by atomic mass is 32.2. The fourth-order valence-electron chi connectivity index (χ4n) is 4.57. The number of rotatable bonds is 4. The van der Waals surface area contributed by atoms with E-state index in [1.54, 1.807) is 16.4 Å². The Bertz CT molecular complexity index is 1260. The lowest BCUT2D eigenvalue weighted by atomic mass is 9.92. The summed E-state index contributed by atoms with van der Waals surface area (Å²) in [5.41, 5.74) is 4.66. The number of aromatic amines is 1. The molecule has 5 rings (SSSR count). The number of fused-ring (bicyclic) bond motifs is 3. The van der Waals surface area contributed by atoms with E-state index in [-0.39, 0.29) is 18.5 Å². The van der Waals surface area contributed by atoms with Crippen molar-refractivity contribution in [3.05, 3.63) is 77.0 Å². The van der Waals surface area contributed by atoms with Crippen molar-refractivity contribution in [2.24, 2.45) is 0 Å². The number of nitrogens with one attached hydrogen (secondary N) is 1. The van der Waals surface area contributed by atoms with Crippen LogP contribution in [-0.4, -0.2) is 43.4 Å². The molecule has 1 atom stereocenters. The van der Waals surface area contributed by atoms with Gasteiger partial charge in [0.25, 0.3) is 0 Å². The average Bonchev–Trinajstić information content (AvgIpc) is 3.31. The highest BCUT2D eigenvalue weighted by Crippen LogP contribution is 2.39. The Kier molecular flexibility index (Phi) is 5.06. The molecule has 0 bridgehead atoms. The molecule has 31 heavy (non-hydrogen) atoms. The van der Waals surface area contributed by atoms with E-state index >= 15 is 0 Å². The van der Waals surface area contributed by atoms with Gasteiger partial charge in [0.15, 0.2) is 0 Å². The molecule has 4 aromatic rings. The molecule has 0 spiro atoms. The van der Waals surface area contributed by atoms with Crippen LogP contribution in [0.5, 0.6) is 0 Å². The van der Waals surface area contributed by atoms with E-state index in [4.69, 9.17) is 0 Å². The first-order valence-corrected chi connectivity index (χ1v) is 11.7. The molecule has 7 heteroatoms. The summed E-state index contributed by atoms with van der Waals surface area (Å²) in [7, 11) is 0. The Morgan fingerprint density at radius 2 is 1.94 bits per heavy atom. The number of H-pyrrole nitrogens is 1. The topological polar surface area (TPSA) is 66.8 Å². The van der Waals surface area contributed by atoms with Crippen molar-refractivity contribution in [3.63, 3.8) is 0 Å². The van der Waals surface area contributed by atoms with Gasteiger partial charge in [0, 0.05) is 28.0 Å². The molecule has 6 nitrogen and oxygen atoms in total. The number of hydrogen-bond donors (Lipinski definition) is 1. The number of benzene rings is 2. The Morgan fingerprint density at radius 1 is 1.16 bits per heavy atom. The molecule has 2 aromatic carbocycles. The summed E-state index contributed by atoms with van der Waals surface area (Å²) >= 11 is 1.72. The van der Waals surface area contributed by atoms with E-state index in [2.05, 4.69) is 63.8 Å². The number of aryl methyl sites for hydroxylation is 2. The van der Waals surface area contributed by atoms with Crippen LogP contribution < -0.4 is 0 Å². The van der Waals surface area contributed by atoms with Crippen molar-refractivity contribution in [1.82, 2.24) is 24.6 Å². The second-order valence-corrected chi connectivity index (χ2v) is 8.82. The van der Waals surface area contributed by atoms with E-state index in [9.17, 15) is 4.79 Å². The van der Waals surface area contributed by atoms with Gasteiger partial charge < -0.3 is 9.88 Å². The zero-order valence-corrected chi connectivity index (χ0v) is 18.7. The molecule has 0 aliphatic carbocycles. The number of nitrogens with zero attached hydrogens (tertiary/aromatic N) is 4. The van der Waals surface area contributed by atoms with Crippen LogP contribution in [0.1, 0.15) is 34.5 Å². The number of hydrogen-bond acceptors (Lipinski definition) is 4. The fourth-order valence-corrected chi connectivity index (χ4v) is 4.98. The smallest absolute Gasteiger partial charge is 0.245 e. The molecule has 1 amide bonds. The van der Waals surface area contributed by atoms with Crippen molar-refractivity contribution in [2.45, 2.75) is 37.8 Å². The largest absolute Gasteiger partial charge is 0.356 e. The average molecular weight is 432 g/mol. The molecule has 2 aromatic heterocycles. The normalized spacial score (nSPS) is 16.0. The van der Waals surface area contributed by atoms with Gasteiger partial charge in [-0.15, -0.1) is 11.8 Å². The van der Waals surface area contributed by atoms with Crippen molar-refractivity contribution < 1.29 is 4.79 Å². The van der Waals surface area contributed by atoms with Crippen molar-refractivity contribution in [1.29, 1.82) is 0 Å². The Morgan fingerprint density at radius 3 is 2.65 bits per heavy atom. The van der Waals surface area contributed by atoms with Crippen LogP contribution in [0.2, 0.25) is 0 Å². The number of amides is 1. The molecule has 3 heterocycles. The van der Waals surface area contributed by atoms with Gasteiger partial charge in [0.2, 0.25) is 5.91 Å². The van der Waals surface area contributed by atoms with Gasteiger partial charge in [-0.25, -0.2) is 9.67 Å². The van der Waals surface area contributed by atoms with Gasteiger partial charge in [-0.05, 0) is 55.9 Å². The van der Waals surface area contributed by atoms with E-state index in [0.29, 0.717) is 12.4 Å². The first-order chi connectivity index (χ1) is 15.0. The van der Waals surface area contributed by atoms with Crippen LogP contribution in [-0.2, 0) is 17.8 Å². The summed E-state index contributed by atoms with van der Waals surface area (Å²) in [6.45, 7) is 4.61. The molecule has 1 aliphatic heterocycles. The van der Waals surface area contributed by atoms with Crippen LogP contribution in [0.15, 0.2) is 53.4 Å². The monoisotopic (exact) mass is 431 g/mol. The third-order valence-corrected chi connectivity index (χ3v) is 6.78. The predicted octanol–water partition coefficient (Wildman–Crippen LogP) is 4.27. The Labute approximate surface area is 185 Å². The van der Waals surface area contributed by atoms with Gasteiger partial charge in [0.1, 0.15) is 18.2 Å². The maximum Gasteiger partial charge on any atom is 0.245 e. The molecule has 0 radical (unpaired) electrons. The van der Waals surface area contributed by atoms with E-state index in [1.165, 1.54) is 15.8 Å². The summed E-state index contributed by atoms with van der Waals surface area (Å²) < 4.78 is 1.70. The minimum Gasteiger partial charge on any atom is -0.356 e. The number of carbonyl (C=O) groups is 1. The Balaban J connectivity index is 1.58. The fraction of sp³-hybridized carbons (Fsp3) is 0.292. The van der Waals surface area contributed by atoms with E-state index in [0.717, 1.165) is 29.0 Å². The van der Waals surface area contributed by atoms with Crippen molar-refractivity contribution in [3.8, 4) is 0 Å². The van der Waals surface area contributed by atoms with Gasteiger partial charge >= 0.3 is 0 Å². The summed E-state index contributed by atoms with van der Waals surface area (Å²) in [4.78, 5) is 24.6. The quantitative estimate of drug-likeness (QED) is 0.490. The molecule has 1 N–H and O–H groups in total. The zero-order chi connectivity index (χ0) is 21.5. The minimum absolute atomic E-state index is 0.0521. The lowest BCUT2D eigenvalue weighted by molar-refractivity contribution is -0.134. The number of thioether (sulfide) groups is 1. The van der Waals surface area contributed by atoms with Crippen LogP contribution >= 0.6 is 11.8 Å². The lowest BCUT2D eigenvalue weighted by Gasteiger charge is -2.36. The highest BCUT2D eigenvalue weighted by molar-refractivity contribution is 7.98. The summed E-state index contributed by atoms with van der Waals surface area (Å²) in [6.07, 6.45) is 2.91. The number of aromatic nitrogens is 4. The van der Waals surface area contributed by atoms with Gasteiger partial charge in [0.05, 0.1) is 6.04 Å². The number of carbonyl (C=O) groups excluding carboxylic acids is 1. The maximum atomic E-state index is 13.5. The minimum atomic E-state index is -0.149. The highest BCUT2D eigenvalue weighted by Gasteiger charge is 2.34. The first-order valence-electron chi connectivity index (χ1n) is 10.5. The van der Waals surface area contributed by atoms with Gasteiger partial charge in [-0.3, -0.25) is 4.79 Å². The zero-order valence-electron chi connectivity index (χ0n) is 17.9. The standard InChI is InChI=1S/C24H25N5OS/c1-15-25-16(2)29(27-15)14-22(30)28-13-12-20-19-6-4-5-7-21(19)26-23(20)24(28)17-8-10-18(31-3)11-9-17/h4-11,24,26H,12-14H2,1-3H3/t24-/m0/s1. The molecule has 0 unspecified atom stereocenters. The second kappa shape index (κ2) is 7.89. The summed E-state index contributed by atoms with van der Waals surface area (Å²) in [5.74, 6) is 1.50. The summed E-state index contributed by atoms with van der Waals surface area (Å²) in [5, 5.41) is 5.64. The summed E-state index contributed by atoms with van der Waals surface area (Å²) in [6, 6.07) is 16.8. The molecular weight excluding hydrogens is 406 g/mol. The van der Waals surface area contributed by atoms with Gasteiger partial charge in [-0.2, -0.15) is 5.10 Å². The molecule has 0 saturated carbocycles. The van der Waals surface area contributed by atoms with E-state index < -0.39 is 0 Å². The van der Waals surface area contributed by atoms with E-state index in [1.807, 2.05) is 24.8 Å². The van der Waals surface area contributed by atoms with Crippen LogP contribution in [0, 0.1) is 13.8 Å². The first kappa shape index (κ1) is 19.9. The molecular formula is C24H25N5OS. The molecule has 158 valence electrons. The third kappa shape index (κ3) is 3.53. The van der Waals surface area contributed by atoms with Crippen LogP contribution in [0.3, 0.4) is 0 Å². The Hall–Kier alpha value is -3.06.